The first-order valence-corrected chi connectivity index (χ1v) is 11.0. The van der Waals surface area contributed by atoms with Crippen molar-refractivity contribution in [3.8, 4) is 0 Å². The van der Waals surface area contributed by atoms with E-state index in [1.807, 2.05) is 84.6 Å². The molecule has 0 saturated heterocycles. The van der Waals surface area contributed by atoms with Crippen LogP contribution in [0.25, 0.3) is 28.6 Å². The summed E-state index contributed by atoms with van der Waals surface area (Å²) < 4.78 is 42.7. The molecule has 0 fully saturated rings. The minimum absolute atomic E-state index is 0.577. The van der Waals surface area contributed by atoms with Crippen molar-refractivity contribution in [3.63, 3.8) is 0 Å². The summed E-state index contributed by atoms with van der Waals surface area (Å²) in [5.41, 5.74) is 2.27. The average Bonchev–Trinajstić information content (AvgIpc) is 3.24. The Morgan fingerprint density at radius 2 is 1.94 bits per heavy atom. The van der Waals surface area contributed by atoms with Crippen molar-refractivity contribution in [3.05, 3.63) is 63.8 Å². The van der Waals surface area contributed by atoms with Crippen molar-refractivity contribution in [1.82, 2.24) is 9.97 Å². The second kappa shape index (κ2) is 9.71. The molecule has 0 radical (unpaired) electrons. The van der Waals surface area contributed by atoms with E-state index in [-0.39, 0.29) is 0 Å². The van der Waals surface area contributed by atoms with E-state index in [1.165, 1.54) is 0 Å². The normalized spacial score (nSPS) is 14.3. The molecule has 0 aliphatic carbocycles. The highest BCUT2D eigenvalue weighted by Gasteiger charge is 2.14. The number of halogens is 2. The van der Waals surface area contributed by atoms with Crippen LogP contribution in [-0.4, -0.2) is 17.0 Å². The first kappa shape index (κ1) is 23.1. The van der Waals surface area contributed by atoms with E-state index in [2.05, 4.69) is 9.97 Å². The lowest BCUT2D eigenvalue weighted by atomic mass is 10.4. The lowest BCUT2D eigenvalue weighted by Gasteiger charge is -2.17. The molecule has 0 atom stereocenters. The number of fused-ring (bicyclic) bond motifs is 2. The lowest BCUT2D eigenvalue weighted by molar-refractivity contribution is -2.00. The van der Waals surface area contributed by atoms with Gasteiger partial charge in [0, 0.05) is 25.4 Å². The first-order chi connectivity index (χ1) is 14.6. The Labute approximate surface area is 187 Å². The number of anilines is 1. The van der Waals surface area contributed by atoms with E-state index in [9.17, 15) is 0 Å². The van der Waals surface area contributed by atoms with Gasteiger partial charge in [-0.15, -0.1) is 10.2 Å². The van der Waals surface area contributed by atoms with Gasteiger partial charge in [0.05, 0.1) is 12.1 Å². The van der Waals surface area contributed by atoms with Crippen molar-refractivity contribution in [2.45, 2.75) is 0 Å². The van der Waals surface area contributed by atoms with Crippen LogP contribution >= 0.6 is 22.9 Å². The van der Waals surface area contributed by atoms with E-state index < -0.39 is 10.2 Å². The largest absolute Gasteiger partial charge is 0.435 e. The van der Waals surface area contributed by atoms with Crippen LogP contribution in [0.5, 0.6) is 0 Å². The quantitative estimate of drug-likeness (QED) is 0.302. The Kier molecular flexibility index (Phi) is 7.23. The maximum Gasteiger partial charge on any atom is 0.342 e. The molecule has 3 aromatic heterocycles. The maximum atomic E-state index is 8.49. The fraction of sp³-hybridized carbons (Fsp3) is 0.105. The third-order valence-electron chi connectivity index (χ3n) is 3.81. The highest BCUT2D eigenvalue weighted by atomic mass is 35.7. The van der Waals surface area contributed by atoms with Crippen molar-refractivity contribution >= 4 is 57.3 Å². The molecule has 1 aliphatic heterocycles. The number of nitrogens with zero attached hydrogens (tertiary/aromatic N) is 4. The molecular weight excluding hydrogens is 467 g/mol. The average molecular weight is 483 g/mol. The summed E-state index contributed by atoms with van der Waals surface area (Å²) in [6.07, 6.45) is 17.2. The molecule has 162 valence electrons. The molecule has 0 amide bonds. The van der Waals surface area contributed by atoms with Crippen molar-refractivity contribution in [2.75, 3.05) is 11.9 Å². The molecule has 0 saturated carbocycles. The van der Waals surface area contributed by atoms with Gasteiger partial charge >= 0.3 is 5.65 Å². The lowest BCUT2D eigenvalue weighted by Crippen LogP contribution is -2.68. The number of hydrogen-bond acceptors (Lipinski definition) is 9. The SMILES string of the molecule is CN1C=CC=c2o/c(=C/C=C/C=C/c3nc4c(cc(Cl)c[n+]4C)s3)nc21.[O-][Cl+3]([O-])([O-])[O-]. The molecular formula is C19H16Cl2N4O5S. The topological polar surface area (TPSA) is 138 Å². The van der Waals surface area contributed by atoms with Gasteiger partial charge in [0.1, 0.15) is 10.9 Å². The summed E-state index contributed by atoms with van der Waals surface area (Å²) in [5.74, 6) is 0.823. The molecule has 0 spiro atoms. The zero-order valence-electron chi connectivity index (χ0n) is 16.3. The van der Waals surface area contributed by atoms with Gasteiger partial charge in [-0.1, -0.05) is 41.2 Å². The second-order valence-electron chi connectivity index (χ2n) is 6.16. The third kappa shape index (κ3) is 6.71. The van der Waals surface area contributed by atoms with Gasteiger partial charge in [0.2, 0.25) is 10.6 Å². The van der Waals surface area contributed by atoms with Crippen LogP contribution in [-0.2, 0) is 7.05 Å². The zero-order valence-corrected chi connectivity index (χ0v) is 18.6. The van der Waals surface area contributed by atoms with Gasteiger partial charge in [-0.25, -0.2) is 23.2 Å². The molecule has 4 heterocycles. The first-order valence-electron chi connectivity index (χ1n) is 8.61. The Morgan fingerprint density at radius 1 is 1.19 bits per heavy atom. The third-order valence-corrected chi connectivity index (χ3v) is 4.98. The summed E-state index contributed by atoms with van der Waals surface area (Å²) in [6.45, 7) is 0. The maximum absolute atomic E-state index is 8.49. The van der Waals surface area contributed by atoms with Gasteiger partial charge in [0.15, 0.2) is 11.2 Å². The smallest absolute Gasteiger partial charge is 0.342 e. The van der Waals surface area contributed by atoms with E-state index in [4.69, 9.17) is 34.7 Å². The summed E-state index contributed by atoms with van der Waals surface area (Å²) in [7, 11) is -1.06. The van der Waals surface area contributed by atoms with Gasteiger partial charge in [-0.3, -0.25) is 0 Å². The molecule has 3 aromatic rings. The Morgan fingerprint density at radius 3 is 2.65 bits per heavy atom. The number of pyridine rings is 1. The Bertz CT molecular complexity index is 1290. The summed E-state index contributed by atoms with van der Waals surface area (Å²) in [6, 6.07) is 1.93. The second-order valence-corrected chi connectivity index (χ2v) is 8.41. The van der Waals surface area contributed by atoms with Crippen LogP contribution in [0.1, 0.15) is 5.01 Å². The van der Waals surface area contributed by atoms with Crippen LogP contribution < -0.4 is 39.1 Å². The van der Waals surface area contributed by atoms with Crippen molar-refractivity contribution < 1.29 is 37.9 Å². The highest BCUT2D eigenvalue weighted by molar-refractivity contribution is 7.19. The molecule has 1 aliphatic rings. The van der Waals surface area contributed by atoms with E-state index in [1.54, 1.807) is 11.3 Å². The van der Waals surface area contributed by atoms with Crippen molar-refractivity contribution in [1.29, 1.82) is 0 Å². The summed E-state index contributed by atoms with van der Waals surface area (Å²) in [4.78, 5) is 11.0. The van der Waals surface area contributed by atoms with Gasteiger partial charge < -0.3 is 9.32 Å². The van der Waals surface area contributed by atoms with Crippen LogP contribution in [0, 0.1) is 10.2 Å². The summed E-state index contributed by atoms with van der Waals surface area (Å²) in [5, 5.41) is 1.64. The van der Waals surface area contributed by atoms with E-state index in [0.29, 0.717) is 10.6 Å². The predicted molar refractivity (Wildman–Crippen MR) is 106 cm³/mol. The summed E-state index contributed by atoms with van der Waals surface area (Å²) >= 11 is 7.69. The Balaban J connectivity index is 0.000000491. The molecule has 9 nitrogen and oxygen atoms in total. The number of oxazole rings is 1. The number of hydrogen-bond donors (Lipinski definition) is 0. The zero-order chi connectivity index (χ0) is 22.6. The van der Waals surface area contributed by atoms with Gasteiger partial charge in [0.25, 0.3) is 0 Å². The van der Waals surface area contributed by atoms with Crippen LogP contribution in [0.2, 0.25) is 5.02 Å². The molecule has 4 rings (SSSR count). The number of allylic oxidation sites excluding steroid dienone is 4. The molecule has 0 unspecified atom stereocenters. The van der Waals surface area contributed by atoms with Crippen molar-refractivity contribution in [2.24, 2.45) is 7.05 Å². The van der Waals surface area contributed by atoms with Crippen LogP contribution in [0.15, 0.2) is 47.2 Å². The van der Waals surface area contributed by atoms with Crippen LogP contribution in [0.3, 0.4) is 0 Å². The molecule has 0 aromatic carbocycles. The predicted octanol–water partition coefficient (Wildman–Crippen LogP) is -2.20. The Hall–Kier alpha value is -2.57. The van der Waals surface area contributed by atoms with Gasteiger partial charge in [-0.05, 0) is 23.2 Å². The number of thiazole rings is 1. The standard InChI is InChI=1S/C19H16ClN4OS.ClHO4/c1-23-10-6-7-14-18(23)21-16(25-14)8-4-3-5-9-17-22-19-15(26-17)11-13(20)12-24(19)2;2-1(3,4)5/h3-12H,1-2H3;(H,2,3,4,5)/q+1;/p-1. The highest BCUT2D eigenvalue weighted by Crippen LogP contribution is 2.23. The monoisotopic (exact) mass is 482 g/mol. The fourth-order valence-corrected chi connectivity index (χ4v) is 3.90. The fourth-order valence-electron chi connectivity index (χ4n) is 2.61. The number of aromatic nitrogens is 3. The number of rotatable bonds is 3. The van der Waals surface area contributed by atoms with Gasteiger partial charge in [-0.2, -0.15) is 4.98 Å². The van der Waals surface area contributed by atoms with Crippen LogP contribution in [0.4, 0.5) is 5.82 Å². The minimum atomic E-state index is -4.94. The van der Waals surface area contributed by atoms with E-state index in [0.717, 1.165) is 26.6 Å². The van der Waals surface area contributed by atoms with E-state index >= 15 is 0 Å². The molecule has 0 bridgehead atoms. The minimum Gasteiger partial charge on any atom is -0.435 e. The molecule has 0 N–H and O–H groups in total. The number of aryl methyl sites for hydroxylation is 1. The molecule has 31 heavy (non-hydrogen) atoms. The molecule has 12 heteroatoms.